The number of benzene rings is 1. The van der Waals surface area contributed by atoms with Gasteiger partial charge < -0.3 is 28.8 Å². The van der Waals surface area contributed by atoms with E-state index in [9.17, 15) is 14.7 Å². The summed E-state index contributed by atoms with van der Waals surface area (Å²) in [6.45, 7) is 7.14. The van der Waals surface area contributed by atoms with Crippen LogP contribution in [0.5, 0.6) is 17.2 Å². The van der Waals surface area contributed by atoms with Gasteiger partial charge >= 0.3 is 5.97 Å². The maximum atomic E-state index is 13.7. The molecule has 38 heavy (non-hydrogen) atoms. The Labute approximate surface area is 223 Å². The molecule has 2 fully saturated rings. The summed E-state index contributed by atoms with van der Waals surface area (Å²) in [5.41, 5.74) is 2.46. The second-order valence-corrected chi connectivity index (χ2v) is 11.8. The van der Waals surface area contributed by atoms with Crippen LogP contribution in [-0.2, 0) is 21.4 Å². The normalized spacial score (nSPS) is 29.3. The molecule has 8 nitrogen and oxygen atoms in total. The number of carbonyl (C=O) groups excluding carboxylic acids is 2. The summed E-state index contributed by atoms with van der Waals surface area (Å²) in [4.78, 5) is 30.1. The van der Waals surface area contributed by atoms with Crippen molar-refractivity contribution in [3.8, 4) is 17.2 Å². The number of aromatic hydroxyl groups is 1. The van der Waals surface area contributed by atoms with Crippen LogP contribution in [0.1, 0.15) is 56.7 Å². The predicted molar refractivity (Wildman–Crippen MR) is 141 cm³/mol. The molecule has 6 rings (SSSR count). The number of furan rings is 1. The molecular weight excluding hydrogens is 484 g/mol. The van der Waals surface area contributed by atoms with E-state index in [4.69, 9.17) is 13.9 Å². The molecule has 2 aliphatic carbocycles. The fourth-order valence-corrected chi connectivity index (χ4v) is 7.74. The minimum atomic E-state index is -0.408. The van der Waals surface area contributed by atoms with Crippen molar-refractivity contribution >= 4 is 18.0 Å². The zero-order valence-corrected chi connectivity index (χ0v) is 22.5. The number of rotatable bonds is 6. The monoisotopic (exact) mass is 520 g/mol. The smallest absolute Gasteiger partial charge is 0.308 e. The lowest BCUT2D eigenvalue weighted by molar-refractivity contribution is -0.138. The number of piperidine rings is 1. The fourth-order valence-electron chi connectivity index (χ4n) is 7.74. The van der Waals surface area contributed by atoms with E-state index in [1.54, 1.807) is 24.7 Å². The maximum absolute atomic E-state index is 13.7. The molecule has 2 bridgehead atoms. The number of carbonyl (C=O) groups is 2. The molecule has 1 amide bonds. The number of hydrogen-bond donors (Lipinski definition) is 1. The number of phenolic OH excluding ortho intramolecular Hbond substituents is 1. The van der Waals surface area contributed by atoms with Crippen LogP contribution >= 0.6 is 0 Å². The lowest BCUT2D eigenvalue weighted by Gasteiger charge is -2.60. The summed E-state index contributed by atoms with van der Waals surface area (Å²) in [6, 6.07) is 3.49. The Morgan fingerprint density at radius 2 is 2.16 bits per heavy atom. The van der Waals surface area contributed by atoms with Gasteiger partial charge in [0, 0.05) is 53.8 Å². The third-order valence-corrected chi connectivity index (χ3v) is 9.11. The minimum Gasteiger partial charge on any atom is -0.504 e. The first-order chi connectivity index (χ1) is 18.2. The van der Waals surface area contributed by atoms with Crippen LogP contribution in [0.2, 0.25) is 0 Å². The number of likely N-dealkylation sites (tertiary alicyclic amines) is 1. The molecule has 202 valence electrons. The molecule has 4 aliphatic rings. The molecule has 3 heterocycles. The number of likely N-dealkylation sites (N-methyl/N-ethyl adjacent to an activating group) is 1. The minimum absolute atomic E-state index is 0.000225. The van der Waals surface area contributed by atoms with Crippen molar-refractivity contribution in [3.63, 3.8) is 0 Å². The SMILES string of the molecule is CC(=O)Oc1cc(O)c2c3c1C[C@@H]1[C@@H]4CC[C@H](N(CC(C)C)C(=O)C=Cc5ccoc5)[C@@H](O2)[C@]34CCN1C. The van der Waals surface area contributed by atoms with Gasteiger partial charge in [-0.25, -0.2) is 0 Å². The molecule has 1 N–H and O–H groups in total. The van der Waals surface area contributed by atoms with E-state index in [2.05, 4.69) is 25.8 Å². The first kappa shape index (κ1) is 25.0. The lowest BCUT2D eigenvalue weighted by Crippen LogP contribution is -2.68. The molecule has 0 unspecified atom stereocenters. The predicted octanol–water partition coefficient (Wildman–Crippen LogP) is 4.15. The van der Waals surface area contributed by atoms with Crippen LogP contribution in [0.15, 0.2) is 35.2 Å². The van der Waals surface area contributed by atoms with Crippen molar-refractivity contribution < 1.29 is 28.6 Å². The van der Waals surface area contributed by atoms with Gasteiger partial charge in [0.15, 0.2) is 11.5 Å². The highest BCUT2D eigenvalue weighted by Gasteiger charge is 2.66. The fraction of sp³-hybridized carbons (Fsp3) is 0.533. The highest BCUT2D eigenvalue weighted by Crippen LogP contribution is 2.65. The molecule has 2 aromatic rings. The van der Waals surface area contributed by atoms with E-state index < -0.39 is 5.97 Å². The zero-order chi connectivity index (χ0) is 26.8. The number of esters is 1. The van der Waals surface area contributed by atoms with Crippen molar-refractivity contribution in [2.75, 3.05) is 20.1 Å². The standard InChI is InChI=1S/C30H36N2O6/c1-17(2)15-32(26(35)8-5-19-9-12-36-16-19)22-7-6-21-23-13-20-25(37-18(3)33)14-24(34)28-27(20)30(21,29(22)38-28)10-11-31(23)4/h5,8-9,12,14,16-17,21-23,29,34H,6-7,10-11,13,15H2,1-4H3/t21-,22-,23+,29+,30-/m0/s1. The quantitative estimate of drug-likeness (QED) is 0.348. The Balaban J connectivity index is 1.45. The van der Waals surface area contributed by atoms with Gasteiger partial charge in [0.05, 0.1) is 18.6 Å². The Kier molecular flexibility index (Phi) is 6.05. The second-order valence-electron chi connectivity index (χ2n) is 11.8. The van der Waals surface area contributed by atoms with Gasteiger partial charge in [0.2, 0.25) is 5.91 Å². The van der Waals surface area contributed by atoms with E-state index in [0.29, 0.717) is 24.0 Å². The van der Waals surface area contributed by atoms with Gasteiger partial charge in [0.1, 0.15) is 11.9 Å². The Morgan fingerprint density at radius 1 is 1.34 bits per heavy atom. The molecule has 1 saturated carbocycles. The van der Waals surface area contributed by atoms with E-state index >= 15 is 0 Å². The summed E-state index contributed by atoms with van der Waals surface area (Å²) in [5.74, 6) is 1.08. The Morgan fingerprint density at radius 3 is 2.87 bits per heavy atom. The molecule has 1 saturated heterocycles. The first-order valence-corrected chi connectivity index (χ1v) is 13.7. The van der Waals surface area contributed by atoms with Gasteiger partial charge in [-0.3, -0.25) is 9.59 Å². The average molecular weight is 521 g/mol. The molecule has 1 spiro atoms. The average Bonchev–Trinajstić information content (AvgIpc) is 3.50. The topological polar surface area (TPSA) is 92.5 Å². The third kappa shape index (κ3) is 3.75. The van der Waals surface area contributed by atoms with E-state index in [-0.39, 0.29) is 41.2 Å². The van der Waals surface area contributed by atoms with E-state index in [1.807, 2.05) is 11.0 Å². The molecule has 8 heteroatoms. The molecule has 5 atom stereocenters. The highest BCUT2D eigenvalue weighted by atomic mass is 16.5. The lowest BCUT2D eigenvalue weighted by atomic mass is 9.51. The van der Waals surface area contributed by atoms with Crippen LogP contribution < -0.4 is 9.47 Å². The van der Waals surface area contributed by atoms with Crippen molar-refractivity contribution in [2.45, 2.75) is 70.1 Å². The van der Waals surface area contributed by atoms with Crippen molar-refractivity contribution in [2.24, 2.45) is 11.8 Å². The summed E-state index contributed by atoms with van der Waals surface area (Å²) < 4.78 is 17.5. The van der Waals surface area contributed by atoms with Gasteiger partial charge in [-0.1, -0.05) is 13.8 Å². The number of ether oxygens (including phenoxy) is 2. The molecule has 0 radical (unpaired) electrons. The van der Waals surface area contributed by atoms with Crippen LogP contribution in [0.4, 0.5) is 0 Å². The number of amides is 1. The van der Waals surface area contributed by atoms with E-state index in [0.717, 1.165) is 48.9 Å². The van der Waals surface area contributed by atoms with Gasteiger partial charge in [-0.05, 0) is 63.3 Å². The van der Waals surface area contributed by atoms with Crippen molar-refractivity contribution in [1.29, 1.82) is 0 Å². The van der Waals surface area contributed by atoms with Gasteiger partial charge in [-0.2, -0.15) is 0 Å². The number of phenols is 1. The zero-order valence-electron chi connectivity index (χ0n) is 22.5. The first-order valence-electron chi connectivity index (χ1n) is 13.7. The molecule has 1 aromatic heterocycles. The van der Waals surface area contributed by atoms with Crippen molar-refractivity contribution in [3.05, 3.63) is 47.4 Å². The third-order valence-electron chi connectivity index (χ3n) is 9.11. The maximum Gasteiger partial charge on any atom is 0.308 e. The van der Waals surface area contributed by atoms with Crippen LogP contribution in [0.25, 0.3) is 6.08 Å². The van der Waals surface area contributed by atoms with Gasteiger partial charge in [0.25, 0.3) is 0 Å². The summed E-state index contributed by atoms with van der Waals surface area (Å²) in [5, 5.41) is 11.1. The summed E-state index contributed by atoms with van der Waals surface area (Å²) in [6.07, 6.45) is 9.74. The largest absolute Gasteiger partial charge is 0.504 e. The molecular formula is C30H36N2O6. The summed E-state index contributed by atoms with van der Waals surface area (Å²) >= 11 is 0. The Bertz CT molecular complexity index is 1280. The van der Waals surface area contributed by atoms with Gasteiger partial charge in [-0.15, -0.1) is 0 Å². The molecule has 2 aliphatic heterocycles. The second kappa shape index (κ2) is 9.19. The number of nitrogens with zero attached hydrogens (tertiary/aromatic N) is 2. The van der Waals surface area contributed by atoms with E-state index in [1.165, 1.54) is 13.0 Å². The summed E-state index contributed by atoms with van der Waals surface area (Å²) in [7, 11) is 2.17. The van der Waals surface area contributed by atoms with Crippen LogP contribution in [-0.4, -0.2) is 65.1 Å². The van der Waals surface area contributed by atoms with Crippen LogP contribution in [0, 0.1) is 11.8 Å². The number of hydrogen-bond acceptors (Lipinski definition) is 7. The molecule has 1 aromatic carbocycles. The highest BCUT2D eigenvalue weighted by molar-refractivity contribution is 5.92. The Hall–Kier alpha value is -3.26. The van der Waals surface area contributed by atoms with Crippen LogP contribution in [0.3, 0.4) is 0 Å². The van der Waals surface area contributed by atoms with Crippen molar-refractivity contribution in [1.82, 2.24) is 9.80 Å².